The lowest BCUT2D eigenvalue weighted by atomic mass is 9.69. The van der Waals surface area contributed by atoms with Crippen LogP contribution in [0.4, 0.5) is 0 Å². The van der Waals surface area contributed by atoms with Crippen molar-refractivity contribution >= 4 is 5.91 Å². The fourth-order valence-electron chi connectivity index (χ4n) is 6.10. The van der Waals surface area contributed by atoms with Crippen LogP contribution in [0, 0.1) is 17.3 Å². The summed E-state index contributed by atoms with van der Waals surface area (Å²) in [4.78, 5) is 32.7. The van der Waals surface area contributed by atoms with Crippen molar-refractivity contribution in [3.8, 4) is 11.3 Å². The lowest BCUT2D eigenvalue weighted by Crippen LogP contribution is -2.61. The quantitative estimate of drug-likeness (QED) is 0.607. The first-order valence-corrected chi connectivity index (χ1v) is 13.5. The van der Waals surface area contributed by atoms with E-state index in [9.17, 15) is 14.7 Å². The second-order valence-corrected chi connectivity index (χ2v) is 11.7. The molecule has 1 saturated heterocycles. The number of aromatic nitrogens is 2. The molecule has 4 rings (SSSR count). The van der Waals surface area contributed by atoms with Crippen molar-refractivity contribution in [2.45, 2.75) is 84.4 Å². The first kappa shape index (κ1) is 26.6. The smallest absolute Gasteiger partial charge is 0.253 e. The fraction of sp³-hybridized carbons (Fsp3) is 0.621. The van der Waals surface area contributed by atoms with Crippen LogP contribution >= 0.6 is 0 Å². The van der Waals surface area contributed by atoms with E-state index in [2.05, 4.69) is 11.9 Å². The molecule has 2 aliphatic rings. The Kier molecular flexibility index (Phi) is 8.00. The summed E-state index contributed by atoms with van der Waals surface area (Å²) in [6, 6.07) is 9.17. The molecule has 3 N–H and O–H groups in total. The van der Waals surface area contributed by atoms with Gasteiger partial charge in [-0.25, -0.2) is 4.98 Å². The molecule has 0 bridgehead atoms. The fourth-order valence-corrected chi connectivity index (χ4v) is 6.10. The van der Waals surface area contributed by atoms with Gasteiger partial charge < -0.3 is 15.7 Å². The van der Waals surface area contributed by atoms with E-state index in [1.54, 1.807) is 0 Å². The monoisotopic (exact) mass is 494 g/mol. The summed E-state index contributed by atoms with van der Waals surface area (Å²) in [7, 11) is 0. The van der Waals surface area contributed by atoms with Crippen LogP contribution in [0.15, 0.2) is 41.5 Å². The number of nitrogens with zero attached hydrogens (tertiary/aromatic N) is 3. The van der Waals surface area contributed by atoms with Gasteiger partial charge in [0.15, 0.2) is 0 Å². The maximum absolute atomic E-state index is 13.3. The van der Waals surface area contributed by atoms with Gasteiger partial charge in [0.2, 0.25) is 5.91 Å². The number of likely N-dealkylation sites (tertiary alicyclic amines) is 1. The molecule has 36 heavy (non-hydrogen) atoms. The zero-order valence-corrected chi connectivity index (χ0v) is 22.1. The standard InChI is InChI=1S/C29H42N4O3/c1-21(15-22-9-5-4-6-10-22)27(35)32-14-13-29(36,28(2,3)18-32)19-33-20-31-25(16-26(33)34)24-12-8-7-11-23(24)17-30/h7-8,11-12,16,20-22,36H,4-6,9-10,13-15,17-19,30H2,1-3H3. The SMILES string of the molecule is CC(CC1CCCCC1)C(=O)N1CCC(O)(Cn2cnc(-c3ccccc3CN)cc2=O)C(C)(C)C1. The zero-order chi connectivity index (χ0) is 25.9. The Labute approximate surface area is 214 Å². The number of aliphatic hydroxyl groups is 1. The maximum atomic E-state index is 13.3. The number of rotatable bonds is 7. The third-order valence-electron chi connectivity index (χ3n) is 8.61. The van der Waals surface area contributed by atoms with Crippen molar-refractivity contribution in [3.05, 3.63) is 52.6 Å². The Morgan fingerprint density at radius 1 is 1.22 bits per heavy atom. The highest BCUT2D eigenvalue weighted by atomic mass is 16.3. The molecule has 2 fully saturated rings. The first-order chi connectivity index (χ1) is 17.1. The van der Waals surface area contributed by atoms with Crippen molar-refractivity contribution in [3.63, 3.8) is 0 Å². The van der Waals surface area contributed by atoms with Gasteiger partial charge in [-0.2, -0.15) is 0 Å². The van der Waals surface area contributed by atoms with E-state index >= 15 is 0 Å². The van der Waals surface area contributed by atoms with E-state index in [1.165, 1.54) is 49.1 Å². The minimum absolute atomic E-state index is 0.00542. The summed E-state index contributed by atoms with van der Waals surface area (Å²) in [5.74, 6) is 0.856. The molecule has 2 unspecified atom stereocenters. The van der Waals surface area contributed by atoms with Crippen molar-refractivity contribution in [1.29, 1.82) is 0 Å². The molecule has 1 saturated carbocycles. The van der Waals surface area contributed by atoms with Gasteiger partial charge in [-0.15, -0.1) is 0 Å². The molecule has 2 heterocycles. The van der Waals surface area contributed by atoms with Crippen LogP contribution in [0.5, 0.6) is 0 Å². The highest BCUT2D eigenvalue weighted by Crippen LogP contribution is 2.40. The normalized spacial score (nSPS) is 23.4. The molecule has 2 atom stereocenters. The Morgan fingerprint density at radius 3 is 2.61 bits per heavy atom. The maximum Gasteiger partial charge on any atom is 0.253 e. The number of hydrogen-bond acceptors (Lipinski definition) is 5. The van der Waals surface area contributed by atoms with Gasteiger partial charge in [0, 0.05) is 42.6 Å². The van der Waals surface area contributed by atoms with Gasteiger partial charge in [0.05, 0.1) is 24.2 Å². The van der Waals surface area contributed by atoms with Crippen LogP contribution in [-0.4, -0.2) is 44.2 Å². The molecule has 1 aliphatic carbocycles. The molecule has 1 aromatic heterocycles. The van der Waals surface area contributed by atoms with Gasteiger partial charge in [0.25, 0.3) is 5.56 Å². The summed E-state index contributed by atoms with van der Waals surface area (Å²) in [5.41, 5.74) is 6.29. The molecule has 0 radical (unpaired) electrons. The average molecular weight is 495 g/mol. The lowest BCUT2D eigenvalue weighted by Gasteiger charge is -2.50. The van der Waals surface area contributed by atoms with Gasteiger partial charge in [-0.05, 0) is 24.3 Å². The molecule has 7 heteroatoms. The minimum Gasteiger partial charge on any atom is -0.387 e. The molecule has 1 aromatic carbocycles. The summed E-state index contributed by atoms with van der Waals surface area (Å²) in [6.07, 6.45) is 9.26. The third-order valence-corrected chi connectivity index (χ3v) is 8.61. The lowest BCUT2D eigenvalue weighted by molar-refractivity contribution is -0.157. The number of carbonyl (C=O) groups excluding carboxylic acids is 1. The second-order valence-electron chi connectivity index (χ2n) is 11.7. The van der Waals surface area contributed by atoms with Crippen molar-refractivity contribution in [2.75, 3.05) is 13.1 Å². The van der Waals surface area contributed by atoms with Crippen molar-refractivity contribution in [2.24, 2.45) is 23.0 Å². The van der Waals surface area contributed by atoms with Crippen LogP contribution in [0.3, 0.4) is 0 Å². The zero-order valence-electron chi connectivity index (χ0n) is 22.1. The third kappa shape index (κ3) is 5.57. The van der Waals surface area contributed by atoms with E-state index in [-0.39, 0.29) is 23.9 Å². The number of piperidine rings is 1. The van der Waals surface area contributed by atoms with Crippen LogP contribution in [0.1, 0.15) is 71.3 Å². The van der Waals surface area contributed by atoms with Gasteiger partial charge in [-0.1, -0.05) is 77.1 Å². The Morgan fingerprint density at radius 2 is 1.94 bits per heavy atom. The number of benzene rings is 1. The Bertz CT molecular complexity index is 1120. The molecule has 7 nitrogen and oxygen atoms in total. The number of amides is 1. The number of nitrogens with two attached hydrogens (primary N) is 1. The van der Waals surface area contributed by atoms with Crippen LogP contribution < -0.4 is 11.3 Å². The van der Waals surface area contributed by atoms with E-state index in [0.717, 1.165) is 17.5 Å². The van der Waals surface area contributed by atoms with Crippen molar-refractivity contribution < 1.29 is 9.90 Å². The molecular formula is C29H42N4O3. The Hall–Kier alpha value is -2.51. The van der Waals surface area contributed by atoms with E-state index in [4.69, 9.17) is 5.73 Å². The average Bonchev–Trinajstić information content (AvgIpc) is 2.87. The summed E-state index contributed by atoms with van der Waals surface area (Å²) in [6.45, 7) is 7.51. The van der Waals surface area contributed by atoms with Crippen molar-refractivity contribution in [1.82, 2.24) is 14.5 Å². The van der Waals surface area contributed by atoms with Crippen LogP contribution in [0.25, 0.3) is 11.3 Å². The van der Waals surface area contributed by atoms with Crippen LogP contribution in [0.2, 0.25) is 0 Å². The van der Waals surface area contributed by atoms with Gasteiger partial charge in [0.1, 0.15) is 0 Å². The molecule has 196 valence electrons. The summed E-state index contributed by atoms with van der Waals surface area (Å²) in [5, 5.41) is 11.7. The molecule has 1 aliphatic heterocycles. The van der Waals surface area contributed by atoms with E-state index in [0.29, 0.717) is 37.7 Å². The molecular weight excluding hydrogens is 452 g/mol. The van der Waals surface area contributed by atoms with E-state index < -0.39 is 11.0 Å². The first-order valence-electron chi connectivity index (χ1n) is 13.5. The summed E-state index contributed by atoms with van der Waals surface area (Å²) >= 11 is 0. The van der Waals surface area contributed by atoms with E-state index in [1.807, 2.05) is 43.0 Å². The predicted octanol–water partition coefficient (Wildman–Crippen LogP) is 3.97. The molecule has 1 amide bonds. The number of carbonyl (C=O) groups is 1. The second kappa shape index (κ2) is 10.9. The highest BCUT2D eigenvalue weighted by molar-refractivity contribution is 5.78. The van der Waals surface area contributed by atoms with Gasteiger partial charge >= 0.3 is 0 Å². The largest absolute Gasteiger partial charge is 0.387 e. The Balaban J connectivity index is 1.44. The number of hydrogen-bond donors (Lipinski definition) is 2. The topological polar surface area (TPSA) is 101 Å². The van der Waals surface area contributed by atoms with Crippen LogP contribution in [-0.2, 0) is 17.9 Å². The summed E-state index contributed by atoms with van der Waals surface area (Å²) < 4.78 is 1.49. The molecule has 2 aromatic rings. The van der Waals surface area contributed by atoms with Gasteiger partial charge in [-0.3, -0.25) is 14.2 Å². The highest BCUT2D eigenvalue weighted by Gasteiger charge is 2.49. The molecule has 0 spiro atoms. The minimum atomic E-state index is -1.13. The predicted molar refractivity (Wildman–Crippen MR) is 142 cm³/mol.